The lowest BCUT2D eigenvalue weighted by atomic mass is 10.1. The minimum atomic E-state index is -0.533. The monoisotopic (exact) mass is 381 g/mol. The molecular weight excluding hydrogens is 362 g/mol. The summed E-state index contributed by atoms with van der Waals surface area (Å²) in [6.07, 6.45) is -0.134. The summed E-state index contributed by atoms with van der Waals surface area (Å²) in [6, 6.07) is 13.7. The van der Waals surface area contributed by atoms with Crippen LogP contribution in [0.3, 0.4) is 0 Å². The maximum atomic E-state index is 12.2. The summed E-state index contributed by atoms with van der Waals surface area (Å²) in [5.41, 5.74) is 6.19. The highest BCUT2D eigenvalue weighted by atomic mass is 16.5. The third-order valence-corrected chi connectivity index (χ3v) is 4.17. The summed E-state index contributed by atoms with van der Waals surface area (Å²) < 4.78 is 5.30. The maximum absolute atomic E-state index is 12.2. The van der Waals surface area contributed by atoms with Crippen molar-refractivity contribution in [3.8, 4) is 5.75 Å². The van der Waals surface area contributed by atoms with Crippen molar-refractivity contribution in [2.45, 2.75) is 13.3 Å². The molecule has 2 aromatic rings. The summed E-state index contributed by atoms with van der Waals surface area (Å²) in [4.78, 5) is 49.1. The number of fused-ring (bicyclic) bond motifs is 1. The number of aryl methyl sites for hydroxylation is 1. The molecule has 1 heterocycles. The molecule has 8 nitrogen and oxygen atoms in total. The smallest absolute Gasteiger partial charge is 0.276 e. The highest BCUT2D eigenvalue weighted by molar-refractivity contribution is 6.21. The van der Waals surface area contributed by atoms with Crippen molar-refractivity contribution in [1.82, 2.24) is 15.8 Å². The van der Waals surface area contributed by atoms with Crippen molar-refractivity contribution in [3.63, 3.8) is 0 Å². The highest BCUT2D eigenvalue weighted by Crippen LogP contribution is 2.22. The number of nitrogens with one attached hydrogen (secondary N) is 2. The van der Waals surface area contributed by atoms with Crippen LogP contribution in [0, 0.1) is 6.92 Å². The fraction of sp³-hybridized carbons (Fsp3) is 0.200. The second kappa shape index (κ2) is 8.34. The number of carbonyl (C=O) groups excluding carboxylic acids is 4. The van der Waals surface area contributed by atoms with E-state index >= 15 is 0 Å². The SMILES string of the molecule is Cc1ccc(OCC(=O)NNC(=O)CCN2C(=O)c3ccccc3C2=O)cc1. The number of ether oxygens (including phenoxy) is 1. The van der Waals surface area contributed by atoms with Crippen LogP contribution in [0.1, 0.15) is 32.7 Å². The van der Waals surface area contributed by atoms with Crippen molar-refractivity contribution in [2.24, 2.45) is 0 Å². The van der Waals surface area contributed by atoms with E-state index in [4.69, 9.17) is 4.74 Å². The normalized spacial score (nSPS) is 12.5. The molecular formula is C20H19N3O5. The molecule has 0 atom stereocenters. The highest BCUT2D eigenvalue weighted by Gasteiger charge is 2.34. The average Bonchev–Trinajstić information content (AvgIpc) is 2.95. The quantitative estimate of drug-likeness (QED) is 0.578. The Labute approximate surface area is 161 Å². The first-order chi connectivity index (χ1) is 13.5. The van der Waals surface area contributed by atoms with Gasteiger partial charge in [-0.1, -0.05) is 29.8 Å². The number of rotatable bonds is 6. The molecule has 28 heavy (non-hydrogen) atoms. The van der Waals surface area contributed by atoms with E-state index in [1.807, 2.05) is 19.1 Å². The second-order valence-corrected chi connectivity index (χ2v) is 6.26. The largest absolute Gasteiger partial charge is 0.484 e. The van der Waals surface area contributed by atoms with Gasteiger partial charge in [0.15, 0.2) is 6.61 Å². The summed E-state index contributed by atoms with van der Waals surface area (Å²) in [6.45, 7) is 1.60. The molecule has 144 valence electrons. The number of carbonyl (C=O) groups is 4. The number of hydrogen-bond donors (Lipinski definition) is 2. The Balaban J connectivity index is 1.40. The number of hydrogen-bond acceptors (Lipinski definition) is 5. The number of benzene rings is 2. The van der Waals surface area contributed by atoms with Crippen LogP contribution in [0.15, 0.2) is 48.5 Å². The van der Waals surface area contributed by atoms with Gasteiger partial charge in [0.1, 0.15) is 5.75 Å². The first kappa shape index (κ1) is 19.1. The molecule has 0 spiro atoms. The van der Waals surface area contributed by atoms with Gasteiger partial charge < -0.3 is 4.74 Å². The predicted molar refractivity (Wildman–Crippen MR) is 99.4 cm³/mol. The lowest BCUT2D eigenvalue weighted by molar-refractivity contribution is -0.130. The molecule has 4 amide bonds. The van der Waals surface area contributed by atoms with Gasteiger partial charge in [0.2, 0.25) is 5.91 Å². The fourth-order valence-electron chi connectivity index (χ4n) is 2.68. The first-order valence-corrected chi connectivity index (χ1v) is 8.68. The zero-order valence-corrected chi connectivity index (χ0v) is 15.2. The third kappa shape index (κ3) is 4.35. The van der Waals surface area contributed by atoms with Crippen molar-refractivity contribution in [2.75, 3.05) is 13.2 Å². The Kier molecular flexibility index (Phi) is 5.69. The van der Waals surface area contributed by atoms with E-state index in [0.717, 1.165) is 10.5 Å². The van der Waals surface area contributed by atoms with Crippen molar-refractivity contribution in [3.05, 3.63) is 65.2 Å². The van der Waals surface area contributed by atoms with Gasteiger partial charge in [-0.3, -0.25) is 34.9 Å². The Morgan fingerprint density at radius 2 is 1.46 bits per heavy atom. The standard InChI is InChI=1S/C20H19N3O5/c1-13-6-8-14(9-7-13)28-12-18(25)22-21-17(24)10-11-23-19(26)15-4-2-3-5-16(15)20(23)27/h2-9H,10-12H2,1H3,(H,21,24)(H,22,25). The van der Waals surface area contributed by atoms with Gasteiger partial charge in [-0.05, 0) is 31.2 Å². The van der Waals surface area contributed by atoms with Gasteiger partial charge in [0, 0.05) is 13.0 Å². The molecule has 0 saturated carbocycles. The molecule has 8 heteroatoms. The lowest BCUT2D eigenvalue weighted by Gasteiger charge is -2.14. The first-order valence-electron chi connectivity index (χ1n) is 8.68. The lowest BCUT2D eigenvalue weighted by Crippen LogP contribution is -2.45. The molecule has 0 bridgehead atoms. The van der Waals surface area contributed by atoms with Crippen LogP contribution < -0.4 is 15.6 Å². The minimum Gasteiger partial charge on any atom is -0.484 e. The summed E-state index contributed by atoms with van der Waals surface area (Å²) in [7, 11) is 0. The Morgan fingerprint density at radius 3 is 2.07 bits per heavy atom. The molecule has 1 aliphatic rings. The topological polar surface area (TPSA) is 105 Å². The Hall–Kier alpha value is -3.68. The zero-order chi connectivity index (χ0) is 20.1. The van der Waals surface area contributed by atoms with Gasteiger partial charge >= 0.3 is 0 Å². The van der Waals surface area contributed by atoms with E-state index in [0.29, 0.717) is 16.9 Å². The van der Waals surface area contributed by atoms with Gasteiger partial charge in [-0.2, -0.15) is 0 Å². The zero-order valence-electron chi connectivity index (χ0n) is 15.2. The van der Waals surface area contributed by atoms with Crippen molar-refractivity contribution >= 4 is 23.6 Å². The Bertz CT molecular complexity index is 889. The predicted octanol–water partition coefficient (Wildman–Crippen LogP) is 1.21. The van der Waals surface area contributed by atoms with Crippen LogP contribution in [0.25, 0.3) is 0 Å². The maximum Gasteiger partial charge on any atom is 0.276 e. The molecule has 0 unspecified atom stereocenters. The van der Waals surface area contributed by atoms with Crippen LogP contribution in [0.2, 0.25) is 0 Å². The fourth-order valence-corrected chi connectivity index (χ4v) is 2.68. The van der Waals surface area contributed by atoms with Gasteiger partial charge in [-0.25, -0.2) is 0 Å². The number of imide groups is 1. The summed E-state index contributed by atoms with van der Waals surface area (Å²) in [5, 5.41) is 0. The number of nitrogens with zero attached hydrogens (tertiary/aromatic N) is 1. The summed E-state index contributed by atoms with van der Waals surface area (Å²) in [5.74, 6) is -1.37. The van der Waals surface area contributed by atoms with Gasteiger partial charge in [0.05, 0.1) is 11.1 Å². The van der Waals surface area contributed by atoms with Crippen LogP contribution in [-0.4, -0.2) is 41.7 Å². The van der Waals surface area contributed by atoms with Gasteiger partial charge in [-0.15, -0.1) is 0 Å². The van der Waals surface area contributed by atoms with E-state index in [2.05, 4.69) is 10.9 Å². The van der Waals surface area contributed by atoms with E-state index < -0.39 is 23.6 Å². The summed E-state index contributed by atoms with van der Waals surface area (Å²) >= 11 is 0. The molecule has 1 aliphatic heterocycles. The third-order valence-electron chi connectivity index (χ3n) is 4.17. The average molecular weight is 381 g/mol. The van der Waals surface area contributed by atoms with Crippen LogP contribution >= 0.6 is 0 Å². The molecule has 0 aliphatic carbocycles. The molecule has 0 saturated heterocycles. The Morgan fingerprint density at radius 1 is 0.893 bits per heavy atom. The van der Waals surface area contributed by atoms with Gasteiger partial charge in [0.25, 0.3) is 17.7 Å². The van der Waals surface area contributed by atoms with E-state index in [9.17, 15) is 19.2 Å². The van der Waals surface area contributed by atoms with Crippen molar-refractivity contribution in [1.29, 1.82) is 0 Å². The molecule has 2 N–H and O–H groups in total. The number of amides is 4. The van der Waals surface area contributed by atoms with Crippen LogP contribution in [-0.2, 0) is 9.59 Å². The molecule has 0 radical (unpaired) electrons. The van der Waals surface area contributed by atoms with E-state index in [1.54, 1.807) is 36.4 Å². The van der Waals surface area contributed by atoms with Crippen LogP contribution in [0.5, 0.6) is 5.75 Å². The van der Waals surface area contributed by atoms with E-state index in [1.165, 1.54) is 0 Å². The van der Waals surface area contributed by atoms with Crippen molar-refractivity contribution < 1.29 is 23.9 Å². The molecule has 0 fully saturated rings. The molecule has 3 rings (SSSR count). The van der Waals surface area contributed by atoms with E-state index in [-0.39, 0.29) is 19.6 Å². The van der Waals surface area contributed by atoms with Crippen LogP contribution in [0.4, 0.5) is 0 Å². The number of hydrazine groups is 1. The minimum absolute atomic E-state index is 0.0755. The molecule has 0 aromatic heterocycles. The molecule has 2 aromatic carbocycles. The second-order valence-electron chi connectivity index (χ2n) is 6.26.